The highest BCUT2D eigenvalue weighted by Gasteiger charge is 2.30. The topological polar surface area (TPSA) is 45.6 Å². The van der Waals surface area contributed by atoms with Gasteiger partial charge in [-0.05, 0) is 60.9 Å². The number of halogens is 3. The Hall–Kier alpha value is -2.90. The number of aliphatic hydroxyl groups excluding tert-OH is 1. The van der Waals surface area contributed by atoms with Gasteiger partial charge in [-0.25, -0.2) is 0 Å². The zero-order chi connectivity index (χ0) is 24.1. The Morgan fingerprint density at radius 3 is 2.44 bits per heavy atom. The molecule has 7 heteroatoms. The molecule has 32 heavy (non-hydrogen) atoms. The number of aliphatic hydroxyl groups is 1. The van der Waals surface area contributed by atoms with E-state index in [-0.39, 0.29) is 18.9 Å². The molecule has 0 radical (unpaired) electrons. The van der Waals surface area contributed by atoms with E-state index >= 15 is 0 Å². The number of aromatic nitrogens is 1. The summed E-state index contributed by atoms with van der Waals surface area (Å²) in [6.07, 6.45) is -2.13. The molecule has 2 unspecified atom stereocenters. The van der Waals surface area contributed by atoms with Crippen molar-refractivity contribution in [2.45, 2.75) is 38.7 Å². The van der Waals surface area contributed by atoms with E-state index in [1.54, 1.807) is 25.4 Å². The first-order valence-corrected chi connectivity index (χ1v) is 10.3. The molecule has 0 spiro atoms. The maximum absolute atomic E-state index is 12.7. The average Bonchev–Trinajstić information content (AvgIpc) is 2.79. The number of hydrogen-bond acceptors (Lipinski definition) is 4. The van der Waals surface area contributed by atoms with Crippen LogP contribution in [0.1, 0.15) is 36.6 Å². The summed E-state index contributed by atoms with van der Waals surface area (Å²) in [5, 5.41) is 10.7. The first-order chi connectivity index (χ1) is 15.6. The lowest BCUT2D eigenvalue weighted by Gasteiger charge is -2.31. The molecule has 0 aliphatic rings. The Balaban J connectivity index is 1.73. The Labute approximate surface area is 187 Å². The predicted octanol–water partition coefficient (Wildman–Crippen LogP) is 5.41. The van der Waals surface area contributed by atoms with Crippen molar-refractivity contribution in [3.05, 3.63) is 95.3 Å². The number of hydrogen-bond donors (Lipinski definition) is 1. The van der Waals surface area contributed by atoms with Crippen LogP contribution in [0.15, 0.2) is 73.1 Å². The number of pyridine rings is 1. The van der Waals surface area contributed by atoms with E-state index < -0.39 is 23.9 Å². The van der Waals surface area contributed by atoms with Crippen LogP contribution >= 0.6 is 0 Å². The molecule has 0 bridgehead atoms. The Bertz CT molecular complexity index is 1030. The van der Waals surface area contributed by atoms with Crippen LogP contribution in [-0.2, 0) is 12.7 Å². The molecule has 2 aromatic carbocycles. The lowest BCUT2D eigenvalue weighted by atomic mass is 10.0. The van der Waals surface area contributed by atoms with Crippen molar-refractivity contribution in [2.75, 3.05) is 13.2 Å². The summed E-state index contributed by atoms with van der Waals surface area (Å²) >= 11 is 0. The number of benzene rings is 2. The fourth-order valence-electron chi connectivity index (χ4n) is 3.31. The zero-order valence-corrected chi connectivity index (χ0v) is 18.0. The highest BCUT2D eigenvalue weighted by Crippen LogP contribution is 2.30. The van der Waals surface area contributed by atoms with Gasteiger partial charge in [-0.2, -0.15) is 13.2 Å². The third kappa shape index (κ3) is 6.55. The van der Waals surface area contributed by atoms with Gasteiger partial charge in [-0.1, -0.05) is 30.3 Å². The molecular weight excluding hydrogens is 417 g/mol. The molecule has 170 valence electrons. The monoisotopic (exact) mass is 445 g/mol. The largest absolute Gasteiger partial charge is 0.491 e. The third-order valence-electron chi connectivity index (χ3n) is 5.23. The van der Waals surface area contributed by atoms with Crippen LogP contribution in [0, 0.1) is 6.92 Å². The van der Waals surface area contributed by atoms with Crippen LogP contribution in [0.3, 0.4) is 0 Å². The van der Waals surface area contributed by atoms with Gasteiger partial charge in [0.25, 0.3) is 0 Å². The first kappa shape index (κ1) is 22.3. The number of alkyl halides is 3. The standard InChI is InChI=1S/C25H27F3N2O2/c1-18-6-3-4-7-21(18)15-30(19(2)20-8-5-13-29-14-20)16-23(31)17-32-24-11-9-22(10-12-24)25(26,27)28/h3-14,19,23,31H,15-17H2,1-2H3/i19D. The van der Waals surface area contributed by atoms with Crippen molar-refractivity contribution in [3.63, 3.8) is 0 Å². The van der Waals surface area contributed by atoms with Gasteiger partial charge in [0.1, 0.15) is 18.5 Å². The quantitative estimate of drug-likeness (QED) is 0.478. The van der Waals surface area contributed by atoms with Crippen molar-refractivity contribution in [3.8, 4) is 5.75 Å². The van der Waals surface area contributed by atoms with Gasteiger partial charge in [0.15, 0.2) is 0 Å². The van der Waals surface area contributed by atoms with Crippen molar-refractivity contribution < 1.29 is 24.4 Å². The molecule has 1 heterocycles. The SMILES string of the molecule is [2H]C(C)(c1cccnc1)N(Cc1ccccc1C)CC(O)COc1ccc(C(F)(F)F)cc1. The Morgan fingerprint density at radius 2 is 1.81 bits per heavy atom. The second kappa shape index (κ2) is 10.6. The minimum absolute atomic E-state index is 0.115. The lowest BCUT2D eigenvalue weighted by molar-refractivity contribution is -0.137. The predicted molar refractivity (Wildman–Crippen MR) is 117 cm³/mol. The van der Waals surface area contributed by atoms with Crippen LogP contribution < -0.4 is 4.74 Å². The Kier molecular flexibility index (Phi) is 7.39. The van der Waals surface area contributed by atoms with Gasteiger partial charge in [0.05, 0.1) is 6.93 Å². The second-order valence-corrected chi connectivity index (χ2v) is 7.62. The van der Waals surface area contributed by atoms with E-state index in [2.05, 4.69) is 4.98 Å². The molecule has 3 rings (SSSR count). The lowest BCUT2D eigenvalue weighted by Crippen LogP contribution is -2.37. The van der Waals surface area contributed by atoms with Gasteiger partial charge in [0, 0.05) is 31.5 Å². The second-order valence-electron chi connectivity index (χ2n) is 7.62. The van der Waals surface area contributed by atoms with Crippen LogP contribution in [0.25, 0.3) is 0 Å². The van der Waals surface area contributed by atoms with Crippen LogP contribution in [0.2, 0.25) is 0 Å². The van der Waals surface area contributed by atoms with E-state index in [9.17, 15) is 18.3 Å². The summed E-state index contributed by atoms with van der Waals surface area (Å²) in [7, 11) is 0. The highest BCUT2D eigenvalue weighted by molar-refractivity contribution is 5.29. The van der Waals surface area contributed by atoms with E-state index in [0.29, 0.717) is 12.1 Å². The summed E-state index contributed by atoms with van der Waals surface area (Å²) in [5.74, 6) is 0.230. The third-order valence-corrected chi connectivity index (χ3v) is 5.23. The molecule has 3 aromatic rings. The van der Waals surface area contributed by atoms with Crippen molar-refractivity contribution in [1.82, 2.24) is 9.88 Å². The van der Waals surface area contributed by atoms with Gasteiger partial charge in [-0.15, -0.1) is 0 Å². The Morgan fingerprint density at radius 1 is 1.09 bits per heavy atom. The molecule has 2 atom stereocenters. The molecule has 1 N–H and O–H groups in total. The number of nitrogens with zero attached hydrogens (tertiary/aromatic N) is 2. The average molecular weight is 446 g/mol. The van der Waals surface area contributed by atoms with Gasteiger partial charge < -0.3 is 9.84 Å². The molecule has 1 aromatic heterocycles. The van der Waals surface area contributed by atoms with Crippen LogP contribution in [-0.4, -0.2) is 34.2 Å². The number of rotatable bonds is 9. The molecule has 0 saturated carbocycles. The first-order valence-electron chi connectivity index (χ1n) is 10.8. The summed E-state index contributed by atoms with van der Waals surface area (Å²) < 4.78 is 52.7. The summed E-state index contributed by atoms with van der Waals surface area (Å²) in [6.45, 7) is 4.14. The smallest absolute Gasteiger partial charge is 0.416 e. The van der Waals surface area contributed by atoms with Crippen molar-refractivity contribution in [2.24, 2.45) is 0 Å². The molecule has 4 nitrogen and oxygen atoms in total. The van der Waals surface area contributed by atoms with E-state index in [4.69, 9.17) is 6.11 Å². The minimum atomic E-state index is -4.42. The molecule has 0 saturated heterocycles. The molecule has 0 amide bonds. The van der Waals surface area contributed by atoms with Crippen LogP contribution in [0.4, 0.5) is 13.2 Å². The maximum Gasteiger partial charge on any atom is 0.416 e. The molecule has 0 aliphatic carbocycles. The van der Waals surface area contributed by atoms with Crippen molar-refractivity contribution in [1.29, 1.82) is 0 Å². The fraction of sp³-hybridized carbons (Fsp3) is 0.320. The minimum Gasteiger partial charge on any atom is -0.491 e. The van der Waals surface area contributed by atoms with E-state index in [1.807, 2.05) is 42.2 Å². The van der Waals surface area contributed by atoms with Crippen LogP contribution in [0.5, 0.6) is 5.75 Å². The number of aryl methyl sites for hydroxylation is 1. The van der Waals surface area contributed by atoms with E-state index in [1.165, 1.54) is 12.1 Å². The number of ether oxygens (including phenoxy) is 1. The normalized spacial score (nSPS) is 15.2. The summed E-state index contributed by atoms with van der Waals surface area (Å²) in [4.78, 5) is 5.95. The maximum atomic E-state index is 12.7. The molecule has 0 fully saturated rings. The zero-order valence-electron chi connectivity index (χ0n) is 19.0. The molecular formula is C25H27F3N2O2. The highest BCUT2D eigenvalue weighted by atomic mass is 19.4. The fourth-order valence-corrected chi connectivity index (χ4v) is 3.31. The van der Waals surface area contributed by atoms with Gasteiger partial charge in [-0.3, -0.25) is 9.88 Å². The van der Waals surface area contributed by atoms with Gasteiger partial charge >= 0.3 is 6.18 Å². The van der Waals surface area contributed by atoms with Crippen molar-refractivity contribution >= 4 is 0 Å². The van der Waals surface area contributed by atoms with Gasteiger partial charge in [0.2, 0.25) is 0 Å². The van der Waals surface area contributed by atoms with E-state index in [0.717, 1.165) is 23.3 Å². The molecule has 0 aliphatic heterocycles. The summed E-state index contributed by atoms with van der Waals surface area (Å²) in [6, 6.07) is 14.6. The summed E-state index contributed by atoms with van der Waals surface area (Å²) in [5.41, 5.74) is 2.01.